The van der Waals surface area contributed by atoms with Crippen molar-refractivity contribution in [3.8, 4) is 0 Å². The van der Waals surface area contributed by atoms with E-state index in [2.05, 4.69) is 4.98 Å². The van der Waals surface area contributed by atoms with Crippen molar-refractivity contribution in [3.05, 3.63) is 27.9 Å². The first-order valence-electron chi connectivity index (χ1n) is 6.48. The number of aromatic carboxylic acids is 1. The normalized spacial score (nSPS) is 10.7. The first-order valence-corrected chi connectivity index (χ1v) is 6.48. The Labute approximate surface area is 122 Å². The third kappa shape index (κ3) is 4.67. The lowest BCUT2D eigenvalue weighted by Crippen LogP contribution is -2.33. The van der Waals surface area contributed by atoms with Gasteiger partial charge in [-0.2, -0.15) is 0 Å². The van der Waals surface area contributed by atoms with Gasteiger partial charge in [0.2, 0.25) is 0 Å². The highest BCUT2D eigenvalue weighted by molar-refractivity contribution is 5.94. The van der Waals surface area contributed by atoms with Crippen molar-refractivity contribution in [1.82, 2.24) is 4.98 Å². The van der Waals surface area contributed by atoms with Gasteiger partial charge in [0.25, 0.3) is 5.69 Å². The molecule has 1 aromatic heterocycles. The summed E-state index contributed by atoms with van der Waals surface area (Å²) < 4.78 is 5.01. The van der Waals surface area contributed by atoms with Crippen molar-refractivity contribution >= 4 is 17.5 Å². The number of carbonyl (C=O) groups is 1. The number of ether oxygens (including phenoxy) is 1. The molecule has 8 nitrogen and oxygen atoms in total. The molecule has 0 spiro atoms. The Morgan fingerprint density at radius 1 is 1.57 bits per heavy atom. The maximum Gasteiger partial charge on any atom is 0.339 e. The average molecular weight is 297 g/mol. The Morgan fingerprint density at radius 2 is 2.24 bits per heavy atom. The van der Waals surface area contributed by atoms with E-state index in [0.717, 1.165) is 12.3 Å². The first kappa shape index (κ1) is 16.8. The molecule has 0 saturated heterocycles. The second-order valence-corrected chi connectivity index (χ2v) is 4.96. The van der Waals surface area contributed by atoms with Gasteiger partial charge in [-0.15, -0.1) is 0 Å². The minimum absolute atomic E-state index is 0.180. The molecule has 0 radical (unpaired) electrons. The number of pyridine rings is 1. The summed E-state index contributed by atoms with van der Waals surface area (Å²) in [5, 5.41) is 20.0. The van der Waals surface area contributed by atoms with E-state index < -0.39 is 10.9 Å². The summed E-state index contributed by atoms with van der Waals surface area (Å²) in [6, 6.07) is 1.03. The van der Waals surface area contributed by atoms with Gasteiger partial charge in [-0.25, -0.2) is 9.78 Å². The maximum absolute atomic E-state index is 11.3. The fraction of sp³-hybridized carbons (Fsp3) is 0.538. The van der Waals surface area contributed by atoms with E-state index in [-0.39, 0.29) is 23.0 Å². The standard InChI is InChI=1S/C13H19N3O5/c1-9(2)8-15(4-5-21-3)12-11(13(17)18)6-10(7-14-12)16(19)20/h6-7,9H,4-5,8H2,1-3H3,(H,17,18). The van der Waals surface area contributed by atoms with Crippen LogP contribution >= 0.6 is 0 Å². The molecule has 0 atom stereocenters. The number of hydrogen-bond acceptors (Lipinski definition) is 6. The van der Waals surface area contributed by atoms with Crippen LogP contribution < -0.4 is 4.90 Å². The van der Waals surface area contributed by atoms with Crippen molar-refractivity contribution in [2.45, 2.75) is 13.8 Å². The Balaban J connectivity index is 3.21. The van der Waals surface area contributed by atoms with Gasteiger partial charge in [0.05, 0.1) is 11.5 Å². The molecule has 0 amide bonds. The van der Waals surface area contributed by atoms with Crippen LogP contribution in [-0.2, 0) is 4.74 Å². The fourth-order valence-electron chi connectivity index (χ4n) is 1.88. The van der Waals surface area contributed by atoms with Crippen LogP contribution in [0, 0.1) is 16.0 Å². The van der Waals surface area contributed by atoms with Crippen molar-refractivity contribution in [1.29, 1.82) is 0 Å². The lowest BCUT2D eigenvalue weighted by atomic mass is 10.1. The van der Waals surface area contributed by atoms with Gasteiger partial charge in [0, 0.05) is 26.3 Å². The topological polar surface area (TPSA) is 106 Å². The Bertz CT molecular complexity index is 519. The second-order valence-electron chi connectivity index (χ2n) is 4.96. The van der Waals surface area contributed by atoms with Crippen LogP contribution in [-0.4, -0.2) is 47.8 Å². The number of nitro groups is 1. The van der Waals surface area contributed by atoms with Crippen LogP contribution in [0.25, 0.3) is 0 Å². The van der Waals surface area contributed by atoms with E-state index in [0.29, 0.717) is 19.7 Å². The Kier molecular flexibility index (Phi) is 6.04. The van der Waals surface area contributed by atoms with Crippen LogP contribution in [0.5, 0.6) is 0 Å². The molecule has 8 heteroatoms. The summed E-state index contributed by atoms with van der Waals surface area (Å²) in [7, 11) is 1.55. The van der Waals surface area contributed by atoms with Crippen LogP contribution in [0.1, 0.15) is 24.2 Å². The number of methoxy groups -OCH3 is 1. The van der Waals surface area contributed by atoms with Crippen LogP contribution in [0.2, 0.25) is 0 Å². The van der Waals surface area contributed by atoms with E-state index in [1.54, 1.807) is 12.0 Å². The minimum Gasteiger partial charge on any atom is -0.478 e. The molecule has 1 aromatic rings. The summed E-state index contributed by atoms with van der Waals surface area (Å²) in [6.07, 6.45) is 1.07. The number of rotatable bonds is 8. The molecule has 0 aromatic carbocycles. The highest BCUT2D eigenvalue weighted by Crippen LogP contribution is 2.23. The van der Waals surface area contributed by atoms with Gasteiger partial charge in [-0.05, 0) is 5.92 Å². The Hall–Kier alpha value is -2.22. The predicted octanol–water partition coefficient (Wildman–Crippen LogP) is 1.80. The van der Waals surface area contributed by atoms with Crippen molar-refractivity contribution in [2.75, 3.05) is 31.7 Å². The first-order chi connectivity index (χ1) is 9.86. The monoisotopic (exact) mass is 297 g/mol. The molecule has 1 heterocycles. The number of anilines is 1. The molecule has 0 unspecified atom stereocenters. The third-order valence-corrected chi connectivity index (χ3v) is 2.74. The van der Waals surface area contributed by atoms with Gasteiger partial charge in [-0.1, -0.05) is 13.8 Å². The molecule has 1 rings (SSSR count). The molecule has 0 saturated carbocycles. The smallest absolute Gasteiger partial charge is 0.339 e. The molecule has 0 bridgehead atoms. The lowest BCUT2D eigenvalue weighted by Gasteiger charge is -2.26. The molecule has 116 valence electrons. The summed E-state index contributed by atoms with van der Waals surface area (Å²) in [6.45, 7) is 5.43. The number of hydrogen-bond donors (Lipinski definition) is 1. The van der Waals surface area contributed by atoms with Crippen molar-refractivity contribution < 1.29 is 19.6 Å². The van der Waals surface area contributed by atoms with E-state index in [9.17, 15) is 20.0 Å². The summed E-state index contributed by atoms with van der Waals surface area (Å²) in [5.74, 6) is -0.744. The number of carboxylic acid groups (broad SMARTS) is 1. The predicted molar refractivity (Wildman–Crippen MR) is 76.8 cm³/mol. The van der Waals surface area contributed by atoms with E-state index in [1.807, 2.05) is 13.8 Å². The van der Waals surface area contributed by atoms with Crippen LogP contribution in [0.15, 0.2) is 12.3 Å². The number of nitrogens with zero attached hydrogens (tertiary/aromatic N) is 3. The maximum atomic E-state index is 11.3. The van der Waals surface area contributed by atoms with E-state index in [1.165, 1.54) is 0 Å². The zero-order valence-electron chi connectivity index (χ0n) is 12.3. The van der Waals surface area contributed by atoms with E-state index >= 15 is 0 Å². The third-order valence-electron chi connectivity index (χ3n) is 2.74. The van der Waals surface area contributed by atoms with Crippen molar-refractivity contribution in [2.24, 2.45) is 5.92 Å². The summed E-state index contributed by atoms with van der Waals surface area (Å²) >= 11 is 0. The molecule has 0 aliphatic rings. The summed E-state index contributed by atoms with van der Waals surface area (Å²) in [5.41, 5.74) is -0.520. The molecule has 0 aliphatic carbocycles. The zero-order chi connectivity index (χ0) is 16.0. The quantitative estimate of drug-likeness (QED) is 0.576. The Morgan fingerprint density at radius 3 is 2.71 bits per heavy atom. The average Bonchev–Trinajstić information content (AvgIpc) is 2.42. The molecule has 0 fully saturated rings. The van der Waals surface area contributed by atoms with Crippen molar-refractivity contribution in [3.63, 3.8) is 0 Å². The highest BCUT2D eigenvalue weighted by Gasteiger charge is 2.22. The van der Waals surface area contributed by atoms with Gasteiger partial charge < -0.3 is 14.7 Å². The molecular formula is C13H19N3O5. The molecular weight excluding hydrogens is 278 g/mol. The van der Waals surface area contributed by atoms with Gasteiger partial charge in [0.15, 0.2) is 0 Å². The zero-order valence-corrected chi connectivity index (χ0v) is 12.3. The lowest BCUT2D eigenvalue weighted by molar-refractivity contribution is -0.385. The van der Waals surface area contributed by atoms with Gasteiger partial charge >= 0.3 is 5.97 Å². The van der Waals surface area contributed by atoms with Gasteiger partial charge in [-0.3, -0.25) is 10.1 Å². The number of aromatic nitrogens is 1. The van der Waals surface area contributed by atoms with Crippen LogP contribution in [0.4, 0.5) is 11.5 Å². The van der Waals surface area contributed by atoms with Crippen LogP contribution in [0.3, 0.4) is 0 Å². The highest BCUT2D eigenvalue weighted by atomic mass is 16.6. The SMILES string of the molecule is COCCN(CC(C)C)c1ncc([N+](=O)[O-])cc1C(=O)O. The minimum atomic E-state index is -1.24. The largest absolute Gasteiger partial charge is 0.478 e. The van der Waals surface area contributed by atoms with Gasteiger partial charge in [0.1, 0.15) is 17.6 Å². The van der Waals surface area contributed by atoms with E-state index in [4.69, 9.17) is 4.74 Å². The molecule has 21 heavy (non-hydrogen) atoms. The fourth-order valence-corrected chi connectivity index (χ4v) is 1.88. The second kappa shape index (κ2) is 7.53. The molecule has 0 aliphatic heterocycles. The summed E-state index contributed by atoms with van der Waals surface area (Å²) in [4.78, 5) is 27.2. The number of carboxylic acids is 1. The molecule has 1 N–H and O–H groups in total.